The highest BCUT2D eigenvalue weighted by molar-refractivity contribution is 5.91. The summed E-state index contributed by atoms with van der Waals surface area (Å²) in [6.45, 7) is 12.1. The number of rotatable bonds is 12. The van der Waals surface area contributed by atoms with E-state index in [0.717, 1.165) is 0 Å². The first-order valence-corrected chi connectivity index (χ1v) is 8.83. The number of ketones is 1. The molecule has 6 N–H and O–H groups in total. The fourth-order valence-corrected chi connectivity index (χ4v) is 2.44. The van der Waals surface area contributed by atoms with Crippen molar-refractivity contribution in [2.75, 3.05) is 6.54 Å². The minimum Gasteiger partial charge on any atom is -0.366 e. The minimum atomic E-state index is -1.07. The van der Waals surface area contributed by atoms with Crippen LogP contribution in [0.5, 0.6) is 0 Å². The lowest BCUT2D eigenvalue weighted by molar-refractivity contribution is -0.131. The van der Waals surface area contributed by atoms with Crippen molar-refractivity contribution in [2.24, 2.45) is 17.6 Å². The van der Waals surface area contributed by atoms with Gasteiger partial charge in [-0.1, -0.05) is 41.5 Å². The van der Waals surface area contributed by atoms with Crippen molar-refractivity contribution in [3.05, 3.63) is 0 Å². The van der Waals surface area contributed by atoms with E-state index in [9.17, 15) is 9.59 Å². The molecular weight excluding hydrogens is 308 g/mol. The van der Waals surface area contributed by atoms with Crippen molar-refractivity contribution >= 4 is 11.7 Å². The zero-order valence-electron chi connectivity index (χ0n) is 15.9. The second kappa shape index (κ2) is 11.5. The molecule has 24 heavy (non-hydrogen) atoms. The van der Waals surface area contributed by atoms with Crippen LogP contribution in [0.15, 0.2) is 0 Å². The van der Waals surface area contributed by atoms with Gasteiger partial charge in [-0.15, -0.1) is 0 Å². The first-order chi connectivity index (χ1) is 11.1. The smallest absolute Gasteiger partial charge is 0.237 e. The van der Waals surface area contributed by atoms with Crippen LogP contribution in [-0.4, -0.2) is 47.8 Å². The standard InChI is InChI=1S/C17H36N4O3/c1-10(2)14(20-12(5)6)16(23)21-13(15(22)11(3)4)8-7-9-19-17(18)24/h10-14,17,19-20,24H,7-9,18H2,1-6H3,(H,21,23)/t13-,14+,17?/m1/s1. The maximum atomic E-state index is 12.6. The lowest BCUT2D eigenvalue weighted by atomic mass is 9.96. The first-order valence-electron chi connectivity index (χ1n) is 8.83. The molecule has 0 radical (unpaired) electrons. The highest BCUT2D eigenvalue weighted by Crippen LogP contribution is 2.09. The summed E-state index contributed by atoms with van der Waals surface area (Å²) in [5, 5.41) is 17.8. The molecule has 1 amide bonds. The largest absolute Gasteiger partial charge is 0.366 e. The Hall–Kier alpha value is -1.02. The van der Waals surface area contributed by atoms with Gasteiger partial charge < -0.3 is 15.7 Å². The van der Waals surface area contributed by atoms with Crippen LogP contribution in [-0.2, 0) is 9.59 Å². The quantitative estimate of drug-likeness (QED) is 0.257. The molecule has 0 spiro atoms. The Bertz CT molecular complexity index is 384. The summed E-state index contributed by atoms with van der Waals surface area (Å²) in [5.41, 5.74) is 5.22. The number of carbonyl (C=O) groups excluding carboxylic acids is 2. The molecule has 7 heteroatoms. The molecule has 0 aromatic rings. The summed E-state index contributed by atoms with van der Waals surface area (Å²) < 4.78 is 0. The highest BCUT2D eigenvalue weighted by atomic mass is 16.3. The fourth-order valence-electron chi connectivity index (χ4n) is 2.44. The number of aliphatic hydroxyl groups excluding tert-OH is 1. The molecule has 7 nitrogen and oxygen atoms in total. The van der Waals surface area contributed by atoms with Gasteiger partial charge in [0.15, 0.2) is 12.1 Å². The van der Waals surface area contributed by atoms with Crippen molar-refractivity contribution in [3.8, 4) is 0 Å². The molecule has 0 rings (SSSR count). The van der Waals surface area contributed by atoms with E-state index in [1.54, 1.807) is 0 Å². The first kappa shape index (κ1) is 23.0. The second-order valence-corrected chi connectivity index (χ2v) is 7.20. The van der Waals surface area contributed by atoms with E-state index in [2.05, 4.69) is 16.0 Å². The summed E-state index contributed by atoms with van der Waals surface area (Å²) in [6.07, 6.45) is 0.0655. The number of amides is 1. The van der Waals surface area contributed by atoms with Crippen LogP contribution in [0.4, 0.5) is 0 Å². The molecule has 0 aliphatic carbocycles. The van der Waals surface area contributed by atoms with Crippen molar-refractivity contribution in [1.29, 1.82) is 0 Å². The zero-order valence-corrected chi connectivity index (χ0v) is 15.9. The van der Waals surface area contributed by atoms with Gasteiger partial charge in [-0.25, -0.2) is 0 Å². The average Bonchev–Trinajstić information content (AvgIpc) is 2.45. The van der Waals surface area contributed by atoms with E-state index < -0.39 is 12.4 Å². The van der Waals surface area contributed by atoms with Gasteiger partial charge in [-0.05, 0) is 25.3 Å². The molecule has 0 aliphatic rings. The van der Waals surface area contributed by atoms with E-state index in [4.69, 9.17) is 10.8 Å². The fraction of sp³-hybridized carbons (Fsp3) is 0.882. The van der Waals surface area contributed by atoms with Crippen LogP contribution < -0.4 is 21.7 Å². The lowest BCUT2D eigenvalue weighted by Crippen LogP contribution is -2.54. The molecule has 0 aromatic heterocycles. The molecule has 142 valence electrons. The number of nitrogens with two attached hydrogens (primary N) is 1. The third-order valence-electron chi connectivity index (χ3n) is 3.71. The topological polar surface area (TPSA) is 116 Å². The number of nitrogens with one attached hydrogen (secondary N) is 3. The highest BCUT2D eigenvalue weighted by Gasteiger charge is 2.28. The molecule has 0 heterocycles. The zero-order chi connectivity index (χ0) is 18.9. The Morgan fingerprint density at radius 1 is 1.08 bits per heavy atom. The molecule has 3 atom stereocenters. The van der Waals surface area contributed by atoms with Crippen molar-refractivity contribution in [2.45, 2.75) is 78.9 Å². The third-order valence-corrected chi connectivity index (χ3v) is 3.71. The number of hydrogen-bond acceptors (Lipinski definition) is 6. The summed E-state index contributed by atoms with van der Waals surface area (Å²) >= 11 is 0. The Balaban J connectivity index is 4.83. The number of carbonyl (C=O) groups is 2. The molecule has 1 unspecified atom stereocenters. The van der Waals surface area contributed by atoms with Gasteiger partial charge in [0.1, 0.15) is 0 Å². The van der Waals surface area contributed by atoms with E-state index >= 15 is 0 Å². The Morgan fingerprint density at radius 2 is 1.67 bits per heavy atom. The number of hydrogen-bond donors (Lipinski definition) is 5. The minimum absolute atomic E-state index is 0.0173. The van der Waals surface area contributed by atoms with E-state index in [-0.39, 0.29) is 35.6 Å². The van der Waals surface area contributed by atoms with E-state index in [1.807, 2.05) is 41.5 Å². The third kappa shape index (κ3) is 9.32. The predicted octanol–water partition coefficient (Wildman–Crippen LogP) is 0.323. The number of Topliss-reactive ketones (excluding diaryl/α,β-unsaturated/α-hetero) is 1. The van der Waals surface area contributed by atoms with E-state index in [0.29, 0.717) is 19.4 Å². The Morgan fingerprint density at radius 3 is 2.08 bits per heavy atom. The van der Waals surface area contributed by atoms with Gasteiger partial charge in [0.05, 0.1) is 12.1 Å². The molecular formula is C17H36N4O3. The Kier molecular flexibility index (Phi) is 11.0. The maximum absolute atomic E-state index is 12.6. The van der Waals surface area contributed by atoms with Gasteiger partial charge in [0, 0.05) is 12.0 Å². The van der Waals surface area contributed by atoms with Gasteiger partial charge in [0.2, 0.25) is 5.91 Å². The van der Waals surface area contributed by atoms with Crippen LogP contribution in [0.1, 0.15) is 54.4 Å². The average molecular weight is 345 g/mol. The van der Waals surface area contributed by atoms with Crippen LogP contribution >= 0.6 is 0 Å². The Labute approximate surface area is 146 Å². The molecule has 0 aliphatic heterocycles. The molecule has 0 fully saturated rings. The molecule has 0 aromatic carbocycles. The monoisotopic (exact) mass is 344 g/mol. The van der Waals surface area contributed by atoms with Gasteiger partial charge in [0.25, 0.3) is 0 Å². The summed E-state index contributed by atoms with van der Waals surface area (Å²) in [7, 11) is 0. The molecule has 0 bridgehead atoms. The number of aliphatic hydroxyl groups is 1. The maximum Gasteiger partial charge on any atom is 0.237 e. The SMILES string of the molecule is CC(C)N[C@H](C(=O)N[C@H](CCCNC(N)O)C(=O)C(C)C)C(C)C. The van der Waals surface area contributed by atoms with Gasteiger partial charge in [-0.3, -0.25) is 20.6 Å². The summed E-state index contributed by atoms with van der Waals surface area (Å²) in [5.74, 6) is -0.164. The molecule has 0 saturated heterocycles. The predicted molar refractivity (Wildman–Crippen MR) is 96.1 cm³/mol. The van der Waals surface area contributed by atoms with Gasteiger partial charge in [-0.2, -0.15) is 0 Å². The lowest BCUT2D eigenvalue weighted by Gasteiger charge is -2.27. The van der Waals surface area contributed by atoms with Crippen molar-refractivity contribution in [3.63, 3.8) is 0 Å². The van der Waals surface area contributed by atoms with Crippen molar-refractivity contribution < 1.29 is 14.7 Å². The van der Waals surface area contributed by atoms with E-state index in [1.165, 1.54) is 0 Å². The van der Waals surface area contributed by atoms with Crippen molar-refractivity contribution in [1.82, 2.24) is 16.0 Å². The van der Waals surface area contributed by atoms with Crippen LogP contribution in [0.2, 0.25) is 0 Å². The van der Waals surface area contributed by atoms with Gasteiger partial charge >= 0.3 is 0 Å². The normalized spacial score (nSPS) is 15.6. The second-order valence-electron chi connectivity index (χ2n) is 7.20. The van der Waals surface area contributed by atoms with Crippen LogP contribution in [0, 0.1) is 11.8 Å². The molecule has 0 saturated carbocycles. The van der Waals surface area contributed by atoms with Crippen LogP contribution in [0.25, 0.3) is 0 Å². The summed E-state index contributed by atoms with van der Waals surface area (Å²) in [6, 6.07) is -0.682. The van der Waals surface area contributed by atoms with Crippen LogP contribution in [0.3, 0.4) is 0 Å². The summed E-state index contributed by atoms with van der Waals surface area (Å²) in [4.78, 5) is 25.0.